The van der Waals surface area contributed by atoms with Crippen molar-refractivity contribution < 1.29 is 18.3 Å². The number of rotatable bonds is 7. The fraction of sp³-hybridized carbons (Fsp3) is 0.316. The highest BCUT2D eigenvalue weighted by molar-refractivity contribution is 7.80. The highest BCUT2D eigenvalue weighted by Crippen LogP contribution is 2.24. The van der Waals surface area contributed by atoms with Gasteiger partial charge in [0.15, 0.2) is 5.11 Å². The van der Waals surface area contributed by atoms with Crippen molar-refractivity contribution in [1.29, 1.82) is 0 Å². The van der Waals surface area contributed by atoms with Gasteiger partial charge in [0.25, 0.3) is 0 Å². The summed E-state index contributed by atoms with van der Waals surface area (Å²) in [5.74, 6) is 1.19. The van der Waals surface area contributed by atoms with Crippen LogP contribution in [0.15, 0.2) is 48.5 Å². The smallest absolute Gasteiger partial charge is 0.387 e. The van der Waals surface area contributed by atoms with E-state index in [2.05, 4.69) is 29.2 Å². The summed E-state index contributed by atoms with van der Waals surface area (Å²) in [6.45, 7) is 1.36. The summed E-state index contributed by atoms with van der Waals surface area (Å²) >= 11 is 5.38. The number of thiocarbonyl (C=S) groups is 1. The Labute approximate surface area is 157 Å². The third kappa shape index (κ3) is 5.84. The van der Waals surface area contributed by atoms with Crippen LogP contribution in [0, 0.1) is 5.92 Å². The summed E-state index contributed by atoms with van der Waals surface area (Å²) in [6.07, 6.45) is 0. The number of methoxy groups -OCH3 is 1. The van der Waals surface area contributed by atoms with Crippen molar-refractivity contribution in [2.45, 2.75) is 26.5 Å². The topological polar surface area (TPSA) is 42.5 Å². The molecule has 140 valence electrons. The number of nitrogens with one attached hydrogen (secondary N) is 2. The lowest BCUT2D eigenvalue weighted by Gasteiger charge is -2.25. The molecule has 1 atom stereocenters. The highest BCUT2D eigenvalue weighted by atomic mass is 32.1. The van der Waals surface area contributed by atoms with Gasteiger partial charge in [-0.15, -0.1) is 0 Å². The van der Waals surface area contributed by atoms with Crippen molar-refractivity contribution in [2.24, 2.45) is 5.92 Å². The Kier molecular flexibility index (Phi) is 7.15. The quantitative estimate of drug-likeness (QED) is 0.663. The van der Waals surface area contributed by atoms with Gasteiger partial charge >= 0.3 is 6.61 Å². The van der Waals surface area contributed by atoms with Crippen LogP contribution < -0.4 is 20.1 Å². The summed E-state index contributed by atoms with van der Waals surface area (Å²) in [6, 6.07) is 14.0. The molecular formula is C19H22F2N2O2S. The minimum atomic E-state index is -2.84. The molecule has 0 spiro atoms. The first-order valence-electron chi connectivity index (χ1n) is 8.15. The van der Waals surface area contributed by atoms with E-state index in [1.165, 1.54) is 12.1 Å². The van der Waals surface area contributed by atoms with Crippen molar-refractivity contribution >= 4 is 23.0 Å². The number of halogens is 2. The van der Waals surface area contributed by atoms with Gasteiger partial charge in [-0.1, -0.05) is 26.0 Å². The number of hydrogen-bond donors (Lipinski definition) is 2. The minimum absolute atomic E-state index is 0.0161. The van der Waals surface area contributed by atoms with Gasteiger partial charge in [-0.2, -0.15) is 8.78 Å². The molecule has 0 aromatic heterocycles. The third-order valence-electron chi connectivity index (χ3n) is 3.77. The van der Waals surface area contributed by atoms with Gasteiger partial charge in [-0.25, -0.2) is 0 Å². The molecule has 7 heteroatoms. The third-order valence-corrected chi connectivity index (χ3v) is 3.99. The molecule has 0 heterocycles. The van der Waals surface area contributed by atoms with Gasteiger partial charge in [0.05, 0.1) is 13.2 Å². The van der Waals surface area contributed by atoms with E-state index in [9.17, 15) is 8.78 Å². The first-order chi connectivity index (χ1) is 12.4. The zero-order chi connectivity index (χ0) is 19.1. The maximum atomic E-state index is 12.2. The van der Waals surface area contributed by atoms with E-state index in [1.807, 2.05) is 24.3 Å². The Balaban J connectivity index is 2.00. The summed E-state index contributed by atoms with van der Waals surface area (Å²) < 4.78 is 33.9. The Morgan fingerprint density at radius 1 is 0.962 bits per heavy atom. The van der Waals surface area contributed by atoms with Gasteiger partial charge in [0.2, 0.25) is 0 Å². The molecule has 4 nitrogen and oxygen atoms in total. The van der Waals surface area contributed by atoms with Crippen molar-refractivity contribution in [3.8, 4) is 11.5 Å². The number of ether oxygens (including phenoxy) is 2. The van der Waals surface area contributed by atoms with Gasteiger partial charge in [-0.3, -0.25) is 0 Å². The molecule has 0 saturated carbocycles. The van der Waals surface area contributed by atoms with Crippen molar-refractivity contribution in [3.63, 3.8) is 0 Å². The maximum absolute atomic E-state index is 12.2. The average Bonchev–Trinajstić information content (AvgIpc) is 2.61. The van der Waals surface area contributed by atoms with E-state index in [-0.39, 0.29) is 11.8 Å². The molecule has 0 fully saturated rings. The number of benzene rings is 2. The SMILES string of the molecule is COc1ccc([C@@H](NC(=S)Nc2ccc(OC(F)F)cc2)C(C)C)cc1. The number of hydrogen-bond acceptors (Lipinski definition) is 3. The standard InChI is InChI=1S/C19H22F2N2O2S/c1-12(2)17(13-4-8-15(24-3)9-5-13)23-19(26)22-14-6-10-16(11-7-14)25-18(20)21/h4-12,17-18H,1-3H3,(H2,22,23,26)/t17-/m0/s1. The maximum Gasteiger partial charge on any atom is 0.387 e. The second kappa shape index (κ2) is 9.33. The molecule has 0 aliphatic carbocycles. The molecule has 2 aromatic rings. The van der Waals surface area contributed by atoms with E-state index in [0.717, 1.165) is 11.3 Å². The van der Waals surface area contributed by atoms with Crippen LogP contribution in [0.3, 0.4) is 0 Å². The van der Waals surface area contributed by atoms with E-state index < -0.39 is 6.61 Å². The Hall–Kier alpha value is -2.41. The second-order valence-corrected chi connectivity index (χ2v) is 6.40. The largest absolute Gasteiger partial charge is 0.497 e. The van der Waals surface area contributed by atoms with Gasteiger partial charge in [0, 0.05) is 5.69 Å². The van der Waals surface area contributed by atoms with Crippen molar-refractivity contribution in [3.05, 3.63) is 54.1 Å². The van der Waals surface area contributed by atoms with Crippen LogP contribution in [0.4, 0.5) is 14.5 Å². The number of anilines is 1. The van der Waals surface area contributed by atoms with E-state index >= 15 is 0 Å². The first-order valence-corrected chi connectivity index (χ1v) is 8.56. The highest BCUT2D eigenvalue weighted by Gasteiger charge is 2.17. The zero-order valence-corrected chi connectivity index (χ0v) is 15.6. The molecular weight excluding hydrogens is 358 g/mol. The van der Waals surface area contributed by atoms with Crippen molar-refractivity contribution in [1.82, 2.24) is 5.32 Å². The molecule has 0 unspecified atom stereocenters. The van der Waals surface area contributed by atoms with E-state index in [4.69, 9.17) is 17.0 Å². The molecule has 2 N–H and O–H groups in total. The van der Waals surface area contributed by atoms with Gasteiger partial charge in [-0.05, 0) is 60.1 Å². The molecule has 0 saturated heterocycles. The summed E-state index contributed by atoms with van der Waals surface area (Å²) in [5, 5.41) is 6.79. The van der Waals surface area contributed by atoms with E-state index in [1.54, 1.807) is 19.2 Å². The zero-order valence-electron chi connectivity index (χ0n) is 14.8. The van der Waals surface area contributed by atoms with Crippen LogP contribution in [-0.4, -0.2) is 18.8 Å². The van der Waals surface area contributed by atoms with Crippen LogP contribution in [0.5, 0.6) is 11.5 Å². The van der Waals surface area contributed by atoms with Crippen LogP contribution in [-0.2, 0) is 0 Å². The van der Waals surface area contributed by atoms with Crippen LogP contribution in [0.25, 0.3) is 0 Å². The molecule has 26 heavy (non-hydrogen) atoms. The minimum Gasteiger partial charge on any atom is -0.497 e. The lowest BCUT2D eigenvalue weighted by atomic mass is 9.96. The Bertz CT molecular complexity index is 706. The normalized spacial score (nSPS) is 12.0. The lowest BCUT2D eigenvalue weighted by molar-refractivity contribution is -0.0498. The monoisotopic (exact) mass is 380 g/mol. The predicted octanol–water partition coefficient (Wildman–Crippen LogP) is 4.98. The Morgan fingerprint density at radius 2 is 1.54 bits per heavy atom. The molecule has 0 aliphatic heterocycles. The fourth-order valence-corrected chi connectivity index (χ4v) is 2.72. The molecule has 2 rings (SSSR count). The van der Waals surface area contributed by atoms with E-state index in [0.29, 0.717) is 16.7 Å². The van der Waals surface area contributed by atoms with Gasteiger partial charge < -0.3 is 20.1 Å². The molecule has 0 aliphatic rings. The summed E-state index contributed by atoms with van der Waals surface area (Å²) in [4.78, 5) is 0. The molecule has 2 aromatic carbocycles. The molecule has 0 amide bonds. The van der Waals surface area contributed by atoms with Crippen LogP contribution in [0.1, 0.15) is 25.5 Å². The summed E-state index contributed by atoms with van der Waals surface area (Å²) in [5.41, 5.74) is 1.77. The summed E-state index contributed by atoms with van der Waals surface area (Å²) in [7, 11) is 1.63. The first kappa shape index (κ1) is 19.9. The average molecular weight is 380 g/mol. The lowest BCUT2D eigenvalue weighted by Crippen LogP contribution is -2.34. The molecule has 0 radical (unpaired) electrons. The fourth-order valence-electron chi connectivity index (χ4n) is 2.47. The molecule has 0 bridgehead atoms. The van der Waals surface area contributed by atoms with Crippen LogP contribution >= 0.6 is 12.2 Å². The number of alkyl halides is 2. The van der Waals surface area contributed by atoms with Gasteiger partial charge in [0.1, 0.15) is 11.5 Å². The Morgan fingerprint density at radius 3 is 2.04 bits per heavy atom. The predicted molar refractivity (Wildman–Crippen MR) is 103 cm³/mol. The van der Waals surface area contributed by atoms with Crippen molar-refractivity contribution in [2.75, 3.05) is 12.4 Å². The second-order valence-electron chi connectivity index (χ2n) is 6.00. The van der Waals surface area contributed by atoms with Crippen LogP contribution in [0.2, 0.25) is 0 Å².